The van der Waals surface area contributed by atoms with Crippen LogP contribution in [0.3, 0.4) is 0 Å². The van der Waals surface area contributed by atoms with Crippen LogP contribution < -0.4 is 4.74 Å². The fourth-order valence-electron chi connectivity index (χ4n) is 2.51. The van der Waals surface area contributed by atoms with E-state index in [-0.39, 0.29) is 10.6 Å². The second-order valence-electron chi connectivity index (χ2n) is 5.80. The zero-order valence-corrected chi connectivity index (χ0v) is 15.3. The van der Waals surface area contributed by atoms with Crippen LogP contribution in [-0.4, -0.2) is 15.0 Å². The van der Waals surface area contributed by atoms with Gasteiger partial charge in [0.05, 0.1) is 4.90 Å². The van der Waals surface area contributed by atoms with Crippen molar-refractivity contribution in [2.24, 2.45) is 0 Å². The second-order valence-corrected chi connectivity index (χ2v) is 7.72. The highest BCUT2D eigenvalue weighted by Crippen LogP contribution is 2.28. The molecule has 2 rings (SSSR count). The fraction of sp³-hybridized carbons (Fsp3) is 0.211. The average molecular weight is 377 g/mol. The Morgan fingerprint density at radius 1 is 1.12 bits per heavy atom. The summed E-state index contributed by atoms with van der Waals surface area (Å²) in [6.07, 6.45) is 1.22. The van der Waals surface area contributed by atoms with E-state index in [4.69, 9.17) is 0 Å². The van der Waals surface area contributed by atoms with E-state index in [0.717, 1.165) is 5.56 Å². The minimum Gasteiger partial charge on any atom is -0.434 e. The van der Waals surface area contributed by atoms with E-state index in [1.54, 1.807) is 32.0 Å². The largest absolute Gasteiger partial charge is 0.434 e. The van der Waals surface area contributed by atoms with Crippen molar-refractivity contribution >= 4 is 15.9 Å². The summed E-state index contributed by atoms with van der Waals surface area (Å²) in [4.78, 5) is -0.412. The van der Waals surface area contributed by atoms with Crippen LogP contribution in [0.25, 0.3) is 6.08 Å². The van der Waals surface area contributed by atoms with Gasteiger partial charge >= 0.3 is 6.61 Å². The van der Waals surface area contributed by atoms with E-state index >= 15 is 0 Å². The molecule has 0 amide bonds. The SMILES string of the molecule is Cc1ccc(S(=O)(=O)/C(C#N)=C/c2cc(C)c(OC(F)F)c(C)c2)cc1. The molecule has 0 unspecified atom stereocenters. The lowest BCUT2D eigenvalue weighted by atomic mass is 10.1. The number of nitriles is 1. The van der Waals surface area contributed by atoms with Gasteiger partial charge in [0.2, 0.25) is 9.84 Å². The first-order chi connectivity index (χ1) is 12.1. The van der Waals surface area contributed by atoms with Gasteiger partial charge in [-0.3, -0.25) is 0 Å². The molecule has 136 valence electrons. The molecule has 7 heteroatoms. The zero-order valence-electron chi connectivity index (χ0n) is 14.5. The summed E-state index contributed by atoms with van der Waals surface area (Å²) in [7, 11) is -3.97. The van der Waals surface area contributed by atoms with Crippen molar-refractivity contribution in [3.05, 3.63) is 63.6 Å². The molecule has 0 spiro atoms. The molecule has 2 aromatic carbocycles. The summed E-state index contributed by atoms with van der Waals surface area (Å²) in [6, 6.07) is 10.9. The van der Waals surface area contributed by atoms with Crippen LogP contribution in [0.1, 0.15) is 22.3 Å². The monoisotopic (exact) mass is 377 g/mol. The lowest BCUT2D eigenvalue weighted by Gasteiger charge is -2.12. The third-order valence-corrected chi connectivity index (χ3v) is 5.40. The highest BCUT2D eigenvalue weighted by Gasteiger charge is 2.21. The number of halogens is 2. The first kappa shape index (κ1) is 19.6. The molecule has 0 heterocycles. The Morgan fingerprint density at radius 3 is 2.12 bits per heavy atom. The summed E-state index contributed by atoms with van der Waals surface area (Å²) in [5.41, 5.74) is 2.14. The molecule has 0 atom stereocenters. The van der Waals surface area contributed by atoms with Gasteiger partial charge in [-0.15, -0.1) is 0 Å². The zero-order chi connectivity index (χ0) is 19.5. The van der Waals surface area contributed by atoms with Crippen molar-refractivity contribution in [2.75, 3.05) is 0 Å². The molecule has 0 radical (unpaired) electrons. The van der Waals surface area contributed by atoms with E-state index in [1.165, 1.54) is 30.3 Å². The van der Waals surface area contributed by atoms with E-state index in [1.807, 2.05) is 6.92 Å². The minimum absolute atomic E-state index is 0.0157. The Hall–Kier alpha value is -2.72. The maximum Gasteiger partial charge on any atom is 0.387 e. The van der Waals surface area contributed by atoms with Gasteiger partial charge in [-0.25, -0.2) is 8.42 Å². The Kier molecular flexibility index (Phi) is 5.78. The number of sulfone groups is 1. The number of nitrogens with zero attached hydrogens (tertiary/aromatic N) is 1. The van der Waals surface area contributed by atoms with Crippen molar-refractivity contribution in [3.63, 3.8) is 0 Å². The molecule has 0 aliphatic rings. The molecule has 0 saturated carbocycles. The first-order valence-corrected chi connectivity index (χ1v) is 9.13. The van der Waals surface area contributed by atoms with Gasteiger partial charge in [0, 0.05) is 0 Å². The lowest BCUT2D eigenvalue weighted by Crippen LogP contribution is -2.06. The van der Waals surface area contributed by atoms with Crippen LogP contribution in [-0.2, 0) is 9.84 Å². The highest BCUT2D eigenvalue weighted by atomic mass is 32.2. The van der Waals surface area contributed by atoms with E-state index in [0.29, 0.717) is 16.7 Å². The number of ether oxygens (including phenoxy) is 1. The summed E-state index contributed by atoms with van der Waals surface area (Å²) >= 11 is 0. The van der Waals surface area contributed by atoms with Crippen LogP contribution in [0.5, 0.6) is 5.75 Å². The summed E-state index contributed by atoms with van der Waals surface area (Å²) in [6.45, 7) is 2.02. The van der Waals surface area contributed by atoms with Crippen LogP contribution in [0.15, 0.2) is 46.2 Å². The van der Waals surface area contributed by atoms with Crippen molar-refractivity contribution in [1.82, 2.24) is 0 Å². The Morgan fingerprint density at radius 2 is 1.65 bits per heavy atom. The topological polar surface area (TPSA) is 67.2 Å². The van der Waals surface area contributed by atoms with Gasteiger partial charge in [-0.2, -0.15) is 14.0 Å². The third kappa shape index (κ3) is 4.27. The quantitative estimate of drug-likeness (QED) is 0.717. The number of hydrogen-bond donors (Lipinski definition) is 0. The van der Waals surface area contributed by atoms with Gasteiger partial charge < -0.3 is 4.74 Å². The Bertz CT molecular complexity index is 965. The van der Waals surface area contributed by atoms with Gasteiger partial charge in [0.1, 0.15) is 16.7 Å². The Labute approximate surface area is 151 Å². The molecule has 2 aromatic rings. The smallest absolute Gasteiger partial charge is 0.387 e. The molecule has 0 aliphatic heterocycles. The van der Waals surface area contributed by atoms with Crippen LogP contribution in [0.2, 0.25) is 0 Å². The van der Waals surface area contributed by atoms with E-state index < -0.39 is 21.4 Å². The first-order valence-electron chi connectivity index (χ1n) is 7.64. The number of alkyl halides is 2. The summed E-state index contributed by atoms with van der Waals surface area (Å²) in [5, 5.41) is 9.33. The van der Waals surface area contributed by atoms with Crippen molar-refractivity contribution in [3.8, 4) is 11.8 Å². The second kappa shape index (κ2) is 7.67. The Balaban J connectivity index is 2.49. The van der Waals surface area contributed by atoms with Gasteiger partial charge in [0.25, 0.3) is 0 Å². The third-order valence-electron chi connectivity index (χ3n) is 3.72. The summed E-state index contributed by atoms with van der Waals surface area (Å²) < 4.78 is 54.7. The lowest BCUT2D eigenvalue weighted by molar-refractivity contribution is -0.0507. The van der Waals surface area contributed by atoms with Crippen LogP contribution in [0, 0.1) is 32.1 Å². The highest BCUT2D eigenvalue weighted by molar-refractivity contribution is 7.95. The van der Waals surface area contributed by atoms with Crippen molar-refractivity contribution in [1.29, 1.82) is 5.26 Å². The molecule has 0 aromatic heterocycles. The maximum absolute atomic E-state index is 12.6. The fourth-order valence-corrected chi connectivity index (χ4v) is 3.67. The minimum atomic E-state index is -3.97. The van der Waals surface area contributed by atoms with Gasteiger partial charge in [-0.05, 0) is 67.8 Å². The molecule has 0 bridgehead atoms. The molecule has 0 saturated heterocycles. The molecule has 0 N–H and O–H groups in total. The average Bonchev–Trinajstić information content (AvgIpc) is 2.56. The normalized spacial score (nSPS) is 12.1. The van der Waals surface area contributed by atoms with Gasteiger partial charge in [-0.1, -0.05) is 17.7 Å². The van der Waals surface area contributed by atoms with Crippen LogP contribution in [0.4, 0.5) is 8.78 Å². The van der Waals surface area contributed by atoms with Crippen molar-refractivity contribution in [2.45, 2.75) is 32.3 Å². The number of allylic oxidation sites excluding steroid dienone is 1. The number of rotatable bonds is 5. The van der Waals surface area contributed by atoms with Crippen molar-refractivity contribution < 1.29 is 21.9 Å². The molecule has 4 nitrogen and oxygen atoms in total. The number of benzene rings is 2. The summed E-state index contributed by atoms with van der Waals surface area (Å²) in [5.74, 6) is 0.0389. The number of aryl methyl sites for hydroxylation is 3. The predicted molar refractivity (Wildman–Crippen MR) is 94.5 cm³/mol. The molecule has 0 fully saturated rings. The van der Waals surface area contributed by atoms with Crippen LogP contribution >= 0.6 is 0 Å². The van der Waals surface area contributed by atoms with E-state index in [2.05, 4.69) is 4.74 Å². The van der Waals surface area contributed by atoms with Gasteiger partial charge in [0.15, 0.2) is 0 Å². The molecular formula is C19H17F2NO3S. The number of hydrogen-bond acceptors (Lipinski definition) is 4. The standard InChI is InChI=1S/C19H17F2NO3S/c1-12-4-6-16(7-5-12)26(23,24)17(11-22)10-15-8-13(2)18(14(3)9-15)25-19(20)21/h4-10,19H,1-3H3/b17-10+. The maximum atomic E-state index is 12.6. The molecule has 0 aliphatic carbocycles. The molecular weight excluding hydrogens is 360 g/mol. The van der Waals surface area contributed by atoms with E-state index in [9.17, 15) is 22.5 Å². The predicted octanol–water partition coefficient (Wildman–Crippen LogP) is 4.55. The molecule has 26 heavy (non-hydrogen) atoms.